The van der Waals surface area contributed by atoms with Crippen molar-refractivity contribution >= 4 is 21.9 Å². The Morgan fingerprint density at radius 2 is 1.80 bits per heavy atom. The monoisotopic (exact) mass is 430 g/mol. The quantitative estimate of drug-likeness (QED) is 0.618. The van der Waals surface area contributed by atoms with E-state index in [1.165, 1.54) is 40.7 Å². The standard InChI is InChI=1S/C20H19FN4O4S/c1-25(16-8-9-16)30(27,28)17-10-4-14(5-11-17)19(26)22-20-24-23-18(29-20)12-13-2-6-15(21)7-3-13/h2-7,10-11,16H,8-9,12H2,1H3,(H,22,24,26). The fraction of sp³-hybridized carbons (Fsp3) is 0.250. The Labute approximate surface area is 172 Å². The summed E-state index contributed by atoms with van der Waals surface area (Å²) in [5.41, 5.74) is 1.03. The second-order valence-electron chi connectivity index (χ2n) is 7.04. The lowest BCUT2D eigenvalue weighted by Gasteiger charge is -2.16. The van der Waals surface area contributed by atoms with E-state index in [0.717, 1.165) is 18.4 Å². The number of sulfonamides is 1. The number of nitrogens with zero attached hydrogens (tertiary/aromatic N) is 3. The third kappa shape index (κ3) is 4.39. The molecule has 0 bridgehead atoms. The first-order valence-corrected chi connectivity index (χ1v) is 10.7. The zero-order valence-electron chi connectivity index (χ0n) is 16.1. The fourth-order valence-electron chi connectivity index (χ4n) is 2.90. The molecule has 1 fully saturated rings. The summed E-state index contributed by atoms with van der Waals surface area (Å²) < 4.78 is 44.8. The van der Waals surface area contributed by atoms with Crippen LogP contribution in [0.15, 0.2) is 57.8 Å². The van der Waals surface area contributed by atoms with Crippen LogP contribution in [0.3, 0.4) is 0 Å². The predicted molar refractivity (Wildman–Crippen MR) is 106 cm³/mol. The van der Waals surface area contributed by atoms with Crippen LogP contribution in [-0.4, -0.2) is 41.9 Å². The topological polar surface area (TPSA) is 105 Å². The lowest BCUT2D eigenvalue weighted by Crippen LogP contribution is -2.29. The van der Waals surface area contributed by atoms with E-state index in [1.807, 2.05) is 0 Å². The number of nitrogens with one attached hydrogen (secondary N) is 1. The van der Waals surface area contributed by atoms with Gasteiger partial charge in [0.05, 0.1) is 11.3 Å². The number of benzene rings is 2. The van der Waals surface area contributed by atoms with Crippen LogP contribution in [0.5, 0.6) is 0 Å². The van der Waals surface area contributed by atoms with Gasteiger partial charge in [-0.25, -0.2) is 12.8 Å². The third-order valence-corrected chi connectivity index (χ3v) is 6.73. The van der Waals surface area contributed by atoms with Crippen LogP contribution in [0.1, 0.15) is 34.7 Å². The van der Waals surface area contributed by atoms with Crippen molar-refractivity contribution in [3.63, 3.8) is 0 Å². The summed E-state index contributed by atoms with van der Waals surface area (Å²) in [6.07, 6.45) is 2.03. The first kappa shape index (κ1) is 20.2. The predicted octanol–water partition coefficient (Wildman–Crippen LogP) is 2.83. The molecule has 1 amide bonds. The van der Waals surface area contributed by atoms with Crippen molar-refractivity contribution < 1.29 is 22.0 Å². The van der Waals surface area contributed by atoms with E-state index < -0.39 is 15.9 Å². The number of amides is 1. The summed E-state index contributed by atoms with van der Waals surface area (Å²) in [6.45, 7) is 0. The van der Waals surface area contributed by atoms with E-state index in [9.17, 15) is 17.6 Å². The molecule has 0 aliphatic heterocycles. The molecule has 1 aromatic heterocycles. The number of carbonyl (C=O) groups excluding carboxylic acids is 1. The molecule has 0 spiro atoms. The van der Waals surface area contributed by atoms with E-state index in [4.69, 9.17) is 4.42 Å². The molecule has 156 valence electrons. The normalized spacial score (nSPS) is 14.1. The van der Waals surface area contributed by atoms with Crippen molar-refractivity contribution in [1.29, 1.82) is 0 Å². The van der Waals surface area contributed by atoms with Crippen LogP contribution in [0.2, 0.25) is 0 Å². The average Bonchev–Trinajstić information content (AvgIpc) is 3.50. The SMILES string of the molecule is CN(C1CC1)S(=O)(=O)c1ccc(C(=O)Nc2nnc(Cc3ccc(F)cc3)o2)cc1. The third-order valence-electron chi connectivity index (χ3n) is 4.81. The summed E-state index contributed by atoms with van der Waals surface area (Å²) in [5.74, 6) is -0.580. The molecule has 1 aliphatic rings. The lowest BCUT2D eigenvalue weighted by molar-refractivity contribution is 0.102. The molecule has 30 heavy (non-hydrogen) atoms. The summed E-state index contributed by atoms with van der Waals surface area (Å²) in [7, 11) is -2.01. The lowest BCUT2D eigenvalue weighted by atomic mass is 10.1. The molecule has 0 unspecified atom stereocenters. The Morgan fingerprint density at radius 1 is 1.13 bits per heavy atom. The Morgan fingerprint density at radius 3 is 2.43 bits per heavy atom. The molecule has 3 aromatic rings. The van der Waals surface area contributed by atoms with Crippen molar-refractivity contribution in [3.8, 4) is 0 Å². The van der Waals surface area contributed by atoms with Gasteiger partial charge in [0.1, 0.15) is 5.82 Å². The minimum absolute atomic E-state index is 0.0552. The fourth-order valence-corrected chi connectivity index (χ4v) is 4.32. The Balaban J connectivity index is 1.40. The van der Waals surface area contributed by atoms with Crippen molar-refractivity contribution in [2.75, 3.05) is 12.4 Å². The summed E-state index contributed by atoms with van der Waals surface area (Å²) in [4.78, 5) is 12.5. The van der Waals surface area contributed by atoms with Crippen molar-refractivity contribution in [1.82, 2.24) is 14.5 Å². The smallest absolute Gasteiger partial charge is 0.322 e. The molecule has 1 aliphatic carbocycles. The highest BCUT2D eigenvalue weighted by Gasteiger charge is 2.35. The number of aromatic nitrogens is 2. The first-order chi connectivity index (χ1) is 14.3. The van der Waals surface area contributed by atoms with Gasteiger partial charge in [-0.3, -0.25) is 10.1 Å². The maximum atomic E-state index is 13.0. The van der Waals surface area contributed by atoms with Crippen molar-refractivity contribution in [3.05, 3.63) is 71.4 Å². The minimum atomic E-state index is -3.57. The van der Waals surface area contributed by atoms with E-state index in [2.05, 4.69) is 15.5 Å². The van der Waals surface area contributed by atoms with Gasteiger partial charge in [-0.2, -0.15) is 4.31 Å². The highest BCUT2D eigenvalue weighted by Crippen LogP contribution is 2.30. The van der Waals surface area contributed by atoms with Gasteiger partial charge in [0.15, 0.2) is 0 Å². The van der Waals surface area contributed by atoms with Gasteiger partial charge in [0.25, 0.3) is 5.91 Å². The highest BCUT2D eigenvalue weighted by atomic mass is 32.2. The molecule has 0 radical (unpaired) electrons. The number of hydrogen-bond donors (Lipinski definition) is 1. The largest absolute Gasteiger partial charge is 0.407 e. The van der Waals surface area contributed by atoms with Gasteiger partial charge >= 0.3 is 6.01 Å². The maximum Gasteiger partial charge on any atom is 0.322 e. The van der Waals surface area contributed by atoms with Crippen molar-refractivity contribution in [2.24, 2.45) is 0 Å². The van der Waals surface area contributed by atoms with Gasteiger partial charge < -0.3 is 4.42 Å². The zero-order chi connectivity index (χ0) is 21.3. The summed E-state index contributed by atoms with van der Waals surface area (Å²) in [6, 6.07) is 11.5. The summed E-state index contributed by atoms with van der Waals surface area (Å²) in [5, 5.41) is 10.1. The van der Waals surface area contributed by atoms with Crippen LogP contribution < -0.4 is 5.32 Å². The van der Waals surface area contributed by atoms with E-state index in [-0.39, 0.29) is 34.2 Å². The highest BCUT2D eigenvalue weighted by molar-refractivity contribution is 7.89. The molecule has 1 saturated carbocycles. The van der Waals surface area contributed by atoms with Crippen LogP contribution in [-0.2, 0) is 16.4 Å². The Hall–Kier alpha value is -3.11. The van der Waals surface area contributed by atoms with Crippen LogP contribution in [0.25, 0.3) is 0 Å². The van der Waals surface area contributed by atoms with Crippen LogP contribution >= 0.6 is 0 Å². The molecule has 1 N–H and O–H groups in total. The molecular weight excluding hydrogens is 411 g/mol. The summed E-state index contributed by atoms with van der Waals surface area (Å²) >= 11 is 0. The van der Waals surface area contributed by atoms with Gasteiger partial charge in [-0.05, 0) is 54.8 Å². The average molecular weight is 430 g/mol. The molecule has 1 heterocycles. The number of hydrogen-bond acceptors (Lipinski definition) is 6. The van der Waals surface area contributed by atoms with E-state index in [1.54, 1.807) is 19.2 Å². The molecule has 2 aromatic carbocycles. The maximum absolute atomic E-state index is 13.0. The number of anilines is 1. The van der Waals surface area contributed by atoms with Crippen LogP contribution in [0, 0.1) is 5.82 Å². The number of carbonyl (C=O) groups is 1. The molecular formula is C20H19FN4O4S. The first-order valence-electron chi connectivity index (χ1n) is 9.29. The molecule has 0 saturated heterocycles. The molecule has 4 rings (SSSR count). The molecule has 0 atom stereocenters. The molecule has 10 heteroatoms. The van der Waals surface area contributed by atoms with E-state index >= 15 is 0 Å². The van der Waals surface area contributed by atoms with Crippen LogP contribution in [0.4, 0.5) is 10.4 Å². The second kappa shape index (κ2) is 7.96. The van der Waals surface area contributed by atoms with E-state index in [0.29, 0.717) is 6.42 Å². The Bertz CT molecular complexity index is 1160. The Kier molecular flexibility index (Phi) is 5.35. The molecule has 8 nitrogen and oxygen atoms in total. The van der Waals surface area contributed by atoms with Gasteiger partial charge in [0.2, 0.25) is 15.9 Å². The minimum Gasteiger partial charge on any atom is -0.407 e. The zero-order valence-corrected chi connectivity index (χ0v) is 16.9. The van der Waals surface area contributed by atoms with Gasteiger partial charge in [-0.15, -0.1) is 5.10 Å². The van der Waals surface area contributed by atoms with Crippen molar-refractivity contribution in [2.45, 2.75) is 30.2 Å². The number of halogens is 1. The van der Waals surface area contributed by atoms with Gasteiger partial charge in [-0.1, -0.05) is 17.2 Å². The van der Waals surface area contributed by atoms with Gasteiger partial charge in [0, 0.05) is 18.7 Å². The second-order valence-corrected chi connectivity index (χ2v) is 9.03. The number of rotatable bonds is 7.